The molecule has 7 heteroatoms. The van der Waals surface area contributed by atoms with Crippen LogP contribution in [-0.4, -0.2) is 48.1 Å². The van der Waals surface area contributed by atoms with Gasteiger partial charge in [-0.05, 0) is 24.4 Å². The van der Waals surface area contributed by atoms with Gasteiger partial charge in [0, 0.05) is 6.54 Å². The first-order chi connectivity index (χ1) is 9.08. The quantitative estimate of drug-likeness (QED) is 0.647. The molecule has 1 heterocycles. The Labute approximate surface area is 116 Å². The molecule has 19 heavy (non-hydrogen) atoms. The largest absolute Gasteiger partial charge is 0.395 e. The van der Waals surface area contributed by atoms with Crippen LogP contribution in [0.25, 0.3) is 0 Å². The maximum Gasteiger partial charge on any atom is 0.251 e. The van der Waals surface area contributed by atoms with Gasteiger partial charge in [0.2, 0.25) is 5.91 Å². The number of nitrogens with two attached hydrogens (primary N) is 1. The van der Waals surface area contributed by atoms with Crippen LogP contribution in [0.1, 0.15) is 23.7 Å². The predicted octanol–water partition coefficient (Wildman–Crippen LogP) is 0.490. The van der Waals surface area contributed by atoms with Crippen LogP contribution in [0, 0.1) is 0 Å². The lowest BCUT2D eigenvalue weighted by Crippen LogP contribution is -2.35. The Balaban J connectivity index is 2.58. The number of nitrogens with one attached hydrogen (secondary N) is 1. The van der Waals surface area contributed by atoms with Gasteiger partial charge in [0.1, 0.15) is 5.00 Å². The van der Waals surface area contributed by atoms with E-state index in [1.165, 1.54) is 11.3 Å². The average Bonchev–Trinajstić information content (AvgIpc) is 2.77. The number of amides is 2. The Hall–Kier alpha value is -1.44. The second-order valence-electron chi connectivity index (χ2n) is 4.08. The van der Waals surface area contributed by atoms with Crippen LogP contribution in [-0.2, 0) is 4.79 Å². The number of anilines is 1. The van der Waals surface area contributed by atoms with Crippen LogP contribution in [0.3, 0.4) is 0 Å². The molecule has 0 saturated carbocycles. The van der Waals surface area contributed by atoms with Crippen molar-refractivity contribution < 1.29 is 14.7 Å². The summed E-state index contributed by atoms with van der Waals surface area (Å²) in [5.74, 6) is -0.774. The molecule has 0 saturated heterocycles. The normalized spacial score (nSPS) is 10.7. The molecule has 0 unspecified atom stereocenters. The minimum Gasteiger partial charge on any atom is -0.395 e. The molecule has 0 atom stereocenters. The molecule has 0 aromatic carbocycles. The van der Waals surface area contributed by atoms with Gasteiger partial charge in [0.15, 0.2) is 0 Å². The standard InChI is InChI=1S/C12H19N3O3S/c1-2-4-15(5-6-16)8-10(17)14-12-9(11(13)18)3-7-19-12/h3,7,16H,2,4-6,8H2,1H3,(H2,13,18)(H,14,17). The molecule has 6 nitrogen and oxygen atoms in total. The smallest absolute Gasteiger partial charge is 0.251 e. The summed E-state index contributed by atoms with van der Waals surface area (Å²) in [5.41, 5.74) is 5.53. The van der Waals surface area contributed by atoms with Crippen molar-refractivity contribution >= 4 is 28.2 Å². The van der Waals surface area contributed by atoms with Crippen LogP contribution in [0.5, 0.6) is 0 Å². The first kappa shape index (κ1) is 15.6. The van der Waals surface area contributed by atoms with Crippen molar-refractivity contribution in [2.45, 2.75) is 13.3 Å². The van der Waals surface area contributed by atoms with E-state index in [1.54, 1.807) is 11.4 Å². The summed E-state index contributed by atoms with van der Waals surface area (Å²) < 4.78 is 0. The minimum absolute atomic E-state index is 0.0127. The van der Waals surface area contributed by atoms with Gasteiger partial charge in [0.05, 0.1) is 18.7 Å². The fourth-order valence-corrected chi connectivity index (χ4v) is 2.51. The third kappa shape index (κ3) is 4.98. The van der Waals surface area contributed by atoms with E-state index in [4.69, 9.17) is 10.8 Å². The number of carbonyl (C=O) groups excluding carboxylic acids is 2. The minimum atomic E-state index is -0.558. The van der Waals surface area contributed by atoms with Crippen molar-refractivity contribution in [1.29, 1.82) is 0 Å². The molecule has 0 aliphatic rings. The highest BCUT2D eigenvalue weighted by atomic mass is 32.1. The number of hydrogen-bond donors (Lipinski definition) is 3. The molecule has 0 spiro atoms. The van der Waals surface area contributed by atoms with E-state index in [0.717, 1.165) is 13.0 Å². The maximum absolute atomic E-state index is 11.9. The molecule has 0 fully saturated rings. The van der Waals surface area contributed by atoms with E-state index in [2.05, 4.69) is 5.32 Å². The van der Waals surface area contributed by atoms with E-state index < -0.39 is 5.91 Å². The Morgan fingerprint density at radius 1 is 1.47 bits per heavy atom. The summed E-state index contributed by atoms with van der Waals surface area (Å²) in [6.45, 7) is 3.39. The van der Waals surface area contributed by atoms with E-state index in [1.807, 2.05) is 11.8 Å². The first-order valence-electron chi connectivity index (χ1n) is 6.08. The van der Waals surface area contributed by atoms with Gasteiger partial charge < -0.3 is 16.2 Å². The second-order valence-corrected chi connectivity index (χ2v) is 4.99. The van der Waals surface area contributed by atoms with E-state index in [0.29, 0.717) is 17.1 Å². The van der Waals surface area contributed by atoms with E-state index >= 15 is 0 Å². The summed E-state index contributed by atoms with van der Waals surface area (Å²) in [6, 6.07) is 1.58. The Bertz CT molecular complexity index is 428. The lowest BCUT2D eigenvalue weighted by atomic mass is 10.3. The third-order valence-corrected chi connectivity index (χ3v) is 3.34. The lowest BCUT2D eigenvalue weighted by Gasteiger charge is -2.19. The fourth-order valence-electron chi connectivity index (χ4n) is 1.70. The molecule has 4 N–H and O–H groups in total. The van der Waals surface area contributed by atoms with Gasteiger partial charge in [-0.15, -0.1) is 11.3 Å². The fraction of sp³-hybridized carbons (Fsp3) is 0.500. The van der Waals surface area contributed by atoms with Crippen molar-refractivity contribution in [3.63, 3.8) is 0 Å². The van der Waals surface area contributed by atoms with Crippen molar-refractivity contribution in [2.24, 2.45) is 5.73 Å². The predicted molar refractivity (Wildman–Crippen MR) is 75.3 cm³/mol. The molecule has 0 aliphatic carbocycles. The van der Waals surface area contributed by atoms with Crippen molar-refractivity contribution in [1.82, 2.24) is 4.90 Å². The lowest BCUT2D eigenvalue weighted by molar-refractivity contribution is -0.117. The number of aliphatic hydroxyl groups is 1. The summed E-state index contributed by atoms with van der Waals surface area (Å²) in [5, 5.41) is 13.8. The second kappa shape index (κ2) is 7.88. The Morgan fingerprint density at radius 2 is 2.21 bits per heavy atom. The monoisotopic (exact) mass is 285 g/mol. The average molecular weight is 285 g/mol. The van der Waals surface area contributed by atoms with Crippen molar-refractivity contribution in [2.75, 3.05) is 31.6 Å². The van der Waals surface area contributed by atoms with Gasteiger partial charge >= 0.3 is 0 Å². The van der Waals surface area contributed by atoms with Gasteiger partial charge in [0.25, 0.3) is 5.91 Å². The van der Waals surface area contributed by atoms with Gasteiger partial charge in [-0.2, -0.15) is 0 Å². The zero-order chi connectivity index (χ0) is 14.3. The molecule has 0 aliphatic heterocycles. The summed E-state index contributed by atoms with van der Waals surface area (Å²) >= 11 is 1.26. The maximum atomic E-state index is 11.9. The highest BCUT2D eigenvalue weighted by molar-refractivity contribution is 7.14. The first-order valence-corrected chi connectivity index (χ1v) is 6.96. The number of nitrogens with zero attached hydrogens (tertiary/aromatic N) is 1. The SMILES string of the molecule is CCCN(CCO)CC(=O)Nc1sccc1C(N)=O. The topological polar surface area (TPSA) is 95.7 Å². The number of rotatable bonds is 8. The summed E-state index contributed by atoms with van der Waals surface area (Å²) in [6.07, 6.45) is 0.902. The highest BCUT2D eigenvalue weighted by Gasteiger charge is 2.14. The van der Waals surface area contributed by atoms with Crippen LogP contribution in [0.4, 0.5) is 5.00 Å². The highest BCUT2D eigenvalue weighted by Crippen LogP contribution is 2.22. The van der Waals surface area contributed by atoms with E-state index in [9.17, 15) is 9.59 Å². The van der Waals surface area contributed by atoms with Gasteiger partial charge in [-0.1, -0.05) is 6.92 Å². The molecule has 1 aromatic rings. The van der Waals surface area contributed by atoms with Gasteiger partial charge in [-0.25, -0.2) is 0 Å². The number of primary amides is 1. The van der Waals surface area contributed by atoms with Crippen LogP contribution in [0.2, 0.25) is 0 Å². The Morgan fingerprint density at radius 3 is 2.79 bits per heavy atom. The summed E-state index contributed by atoms with van der Waals surface area (Å²) in [7, 11) is 0. The zero-order valence-electron chi connectivity index (χ0n) is 10.9. The van der Waals surface area contributed by atoms with Crippen molar-refractivity contribution in [3.8, 4) is 0 Å². The van der Waals surface area contributed by atoms with Crippen LogP contribution < -0.4 is 11.1 Å². The molecular weight excluding hydrogens is 266 g/mol. The third-order valence-electron chi connectivity index (χ3n) is 2.51. The number of carbonyl (C=O) groups is 2. The number of thiophene rings is 1. The molecular formula is C12H19N3O3S. The van der Waals surface area contributed by atoms with Crippen molar-refractivity contribution in [3.05, 3.63) is 17.0 Å². The van der Waals surface area contributed by atoms with Crippen LogP contribution >= 0.6 is 11.3 Å². The molecule has 1 rings (SSSR count). The molecule has 106 valence electrons. The van der Waals surface area contributed by atoms with Crippen LogP contribution in [0.15, 0.2) is 11.4 Å². The number of aliphatic hydroxyl groups excluding tert-OH is 1. The van der Waals surface area contributed by atoms with E-state index in [-0.39, 0.29) is 19.1 Å². The summed E-state index contributed by atoms with van der Waals surface area (Å²) in [4.78, 5) is 24.8. The molecule has 0 bridgehead atoms. The Kier molecular flexibility index (Phi) is 6.48. The molecule has 1 aromatic heterocycles. The molecule has 0 radical (unpaired) electrons. The zero-order valence-corrected chi connectivity index (χ0v) is 11.7. The molecule has 2 amide bonds. The van der Waals surface area contributed by atoms with Gasteiger partial charge in [-0.3, -0.25) is 14.5 Å². The number of hydrogen-bond acceptors (Lipinski definition) is 5.